The Kier molecular flexibility index (Phi) is 1.75. The zero-order valence-electron chi connectivity index (χ0n) is 7.21. The number of guanidine groups is 1. The van der Waals surface area contributed by atoms with Gasteiger partial charge in [0.25, 0.3) is 0 Å². The quantitative estimate of drug-likeness (QED) is 0.619. The molecule has 0 saturated heterocycles. The summed E-state index contributed by atoms with van der Waals surface area (Å²) >= 11 is 0. The van der Waals surface area contributed by atoms with Crippen LogP contribution in [0.3, 0.4) is 0 Å². The van der Waals surface area contributed by atoms with Gasteiger partial charge in [0, 0.05) is 13.6 Å². The molecule has 0 bridgehead atoms. The fourth-order valence-corrected chi connectivity index (χ4v) is 1.34. The average molecular weight is 167 g/mol. The molecule has 4 heteroatoms. The van der Waals surface area contributed by atoms with Crippen molar-refractivity contribution < 1.29 is 4.79 Å². The summed E-state index contributed by atoms with van der Waals surface area (Å²) in [6, 6.07) is 0. The van der Waals surface area contributed by atoms with E-state index in [9.17, 15) is 4.79 Å². The molecular formula is C8H13N3O. The van der Waals surface area contributed by atoms with Gasteiger partial charge >= 0.3 is 0 Å². The minimum absolute atomic E-state index is 0.00708. The molecule has 0 spiro atoms. The van der Waals surface area contributed by atoms with Crippen LogP contribution in [0.2, 0.25) is 0 Å². The van der Waals surface area contributed by atoms with Crippen molar-refractivity contribution in [2.75, 3.05) is 20.1 Å². The van der Waals surface area contributed by atoms with Crippen LogP contribution in [-0.2, 0) is 4.79 Å². The molecule has 1 saturated carbocycles. The molecule has 1 amide bonds. The lowest BCUT2D eigenvalue weighted by atomic mass is 10.4. The van der Waals surface area contributed by atoms with E-state index < -0.39 is 0 Å². The maximum absolute atomic E-state index is 10.8. The number of rotatable bonds is 2. The predicted molar refractivity (Wildman–Crippen MR) is 45.8 cm³/mol. The summed E-state index contributed by atoms with van der Waals surface area (Å²) < 4.78 is 0. The topological polar surface area (TPSA) is 44.7 Å². The fraction of sp³-hybridized carbons (Fsp3) is 0.750. The molecule has 2 aliphatic rings. The maximum Gasteiger partial charge on any atom is 0.248 e. The van der Waals surface area contributed by atoms with Crippen LogP contribution in [0.5, 0.6) is 0 Å². The number of nitrogens with one attached hydrogen (secondary N) is 1. The molecule has 0 radical (unpaired) electrons. The van der Waals surface area contributed by atoms with E-state index in [1.54, 1.807) is 0 Å². The van der Waals surface area contributed by atoms with Gasteiger partial charge in [-0.3, -0.25) is 10.1 Å². The first-order valence-corrected chi connectivity index (χ1v) is 4.31. The molecule has 0 unspecified atom stereocenters. The number of carbonyl (C=O) groups excluding carboxylic acids is 1. The Balaban J connectivity index is 1.86. The van der Waals surface area contributed by atoms with Crippen LogP contribution in [0.4, 0.5) is 0 Å². The van der Waals surface area contributed by atoms with Crippen LogP contribution in [0.1, 0.15) is 12.8 Å². The van der Waals surface area contributed by atoms with Crippen molar-refractivity contribution in [2.24, 2.45) is 10.9 Å². The van der Waals surface area contributed by atoms with E-state index in [1.807, 2.05) is 11.9 Å². The Labute approximate surface area is 71.6 Å². The van der Waals surface area contributed by atoms with Gasteiger partial charge in [-0.1, -0.05) is 0 Å². The van der Waals surface area contributed by atoms with Gasteiger partial charge in [-0.25, -0.2) is 4.99 Å². The zero-order chi connectivity index (χ0) is 8.55. The van der Waals surface area contributed by atoms with Crippen molar-refractivity contribution >= 4 is 11.9 Å². The number of amides is 1. The van der Waals surface area contributed by atoms with Gasteiger partial charge in [-0.05, 0) is 18.8 Å². The predicted octanol–water partition coefficient (Wildman–Crippen LogP) is -0.186. The first-order chi connectivity index (χ1) is 5.75. The van der Waals surface area contributed by atoms with Gasteiger partial charge < -0.3 is 4.90 Å². The molecule has 4 nitrogen and oxygen atoms in total. The Hall–Kier alpha value is -1.06. The monoisotopic (exact) mass is 167 g/mol. The summed E-state index contributed by atoms with van der Waals surface area (Å²) in [6.45, 7) is 1.32. The van der Waals surface area contributed by atoms with Crippen LogP contribution in [0, 0.1) is 5.92 Å². The lowest BCUT2D eigenvalue weighted by Gasteiger charge is -2.17. The van der Waals surface area contributed by atoms with Crippen LogP contribution < -0.4 is 5.32 Å². The van der Waals surface area contributed by atoms with Crippen LogP contribution >= 0.6 is 0 Å². The second-order valence-electron chi connectivity index (χ2n) is 3.51. The highest BCUT2D eigenvalue weighted by Crippen LogP contribution is 2.29. The molecule has 0 aromatic carbocycles. The Morgan fingerprint density at radius 1 is 1.67 bits per heavy atom. The van der Waals surface area contributed by atoms with E-state index in [0.717, 1.165) is 18.4 Å². The van der Waals surface area contributed by atoms with Crippen molar-refractivity contribution in [3.63, 3.8) is 0 Å². The van der Waals surface area contributed by atoms with Crippen LogP contribution in [0.15, 0.2) is 4.99 Å². The minimum Gasteiger partial charge on any atom is -0.345 e. The Bertz CT molecular complexity index is 232. The second-order valence-corrected chi connectivity index (χ2v) is 3.51. The van der Waals surface area contributed by atoms with Crippen molar-refractivity contribution in [2.45, 2.75) is 12.8 Å². The molecular weight excluding hydrogens is 154 g/mol. The van der Waals surface area contributed by atoms with Gasteiger partial charge in [0.15, 0.2) is 0 Å². The zero-order valence-corrected chi connectivity index (χ0v) is 7.21. The molecule has 1 heterocycles. The molecule has 1 N–H and O–H groups in total. The Morgan fingerprint density at radius 3 is 2.92 bits per heavy atom. The third-order valence-electron chi connectivity index (χ3n) is 2.21. The molecule has 12 heavy (non-hydrogen) atoms. The standard InChI is InChI=1S/C8H13N3O/c1-11(5-6-2-3-6)8-9-4-7(12)10-8/h6H,2-5H2,1H3,(H,9,10,12). The van der Waals surface area contributed by atoms with Crippen molar-refractivity contribution in [3.05, 3.63) is 0 Å². The first kappa shape index (κ1) is 7.58. The molecule has 0 atom stereocenters. The normalized spacial score (nSPS) is 22.1. The Morgan fingerprint density at radius 2 is 2.42 bits per heavy atom. The van der Waals surface area contributed by atoms with Crippen LogP contribution in [0.25, 0.3) is 0 Å². The summed E-state index contributed by atoms with van der Waals surface area (Å²) in [6.07, 6.45) is 2.65. The lowest BCUT2D eigenvalue weighted by molar-refractivity contribution is -0.117. The molecule has 1 fully saturated rings. The summed E-state index contributed by atoms with van der Waals surface area (Å²) in [5, 5.41) is 2.72. The number of hydrogen-bond acceptors (Lipinski definition) is 3. The number of aliphatic imine (C=N–C) groups is 1. The van der Waals surface area contributed by atoms with Crippen molar-refractivity contribution in [1.29, 1.82) is 0 Å². The van der Waals surface area contributed by atoms with E-state index in [0.29, 0.717) is 6.54 Å². The highest BCUT2D eigenvalue weighted by molar-refractivity contribution is 6.02. The largest absolute Gasteiger partial charge is 0.345 e. The number of nitrogens with zero attached hydrogens (tertiary/aromatic N) is 2. The van der Waals surface area contributed by atoms with Crippen molar-refractivity contribution in [1.82, 2.24) is 10.2 Å². The summed E-state index contributed by atoms with van der Waals surface area (Å²) in [4.78, 5) is 16.9. The maximum atomic E-state index is 10.8. The molecule has 66 valence electrons. The highest BCUT2D eigenvalue weighted by atomic mass is 16.2. The highest BCUT2D eigenvalue weighted by Gasteiger charge is 2.25. The van der Waals surface area contributed by atoms with E-state index >= 15 is 0 Å². The smallest absolute Gasteiger partial charge is 0.248 e. The number of carbonyl (C=O) groups is 1. The first-order valence-electron chi connectivity index (χ1n) is 4.31. The fourth-order valence-electron chi connectivity index (χ4n) is 1.34. The second kappa shape index (κ2) is 2.77. The third kappa shape index (κ3) is 1.57. The SMILES string of the molecule is CN(CC1CC1)C1=NCC(=O)N1. The van der Waals surface area contributed by atoms with E-state index in [1.165, 1.54) is 12.8 Å². The molecule has 1 aliphatic heterocycles. The van der Waals surface area contributed by atoms with Crippen molar-refractivity contribution in [3.8, 4) is 0 Å². The minimum atomic E-state index is 0.00708. The van der Waals surface area contributed by atoms with Gasteiger partial charge in [0.2, 0.25) is 11.9 Å². The van der Waals surface area contributed by atoms with Gasteiger partial charge in [0.05, 0.1) is 0 Å². The van der Waals surface area contributed by atoms with Gasteiger partial charge in [-0.2, -0.15) is 0 Å². The van der Waals surface area contributed by atoms with E-state index in [4.69, 9.17) is 0 Å². The summed E-state index contributed by atoms with van der Waals surface area (Å²) in [5.74, 6) is 1.58. The number of hydrogen-bond donors (Lipinski definition) is 1. The van der Waals surface area contributed by atoms with E-state index in [-0.39, 0.29) is 5.91 Å². The lowest BCUT2D eigenvalue weighted by Crippen LogP contribution is -2.38. The van der Waals surface area contributed by atoms with Crippen LogP contribution in [-0.4, -0.2) is 36.9 Å². The summed E-state index contributed by atoms with van der Waals surface area (Å²) in [7, 11) is 1.97. The van der Waals surface area contributed by atoms with Gasteiger partial charge in [-0.15, -0.1) is 0 Å². The molecule has 1 aliphatic carbocycles. The van der Waals surface area contributed by atoms with Gasteiger partial charge in [0.1, 0.15) is 6.54 Å². The molecule has 0 aromatic heterocycles. The summed E-state index contributed by atoms with van der Waals surface area (Å²) in [5.41, 5.74) is 0. The molecule has 2 rings (SSSR count). The average Bonchev–Trinajstić information content (AvgIpc) is 2.72. The van der Waals surface area contributed by atoms with E-state index in [2.05, 4.69) is 10.3 Å². The third-order valence-corrected chi connectivity index (χ3v) is 2.21. The molecule has 0 aromatic rings.